The molecule has 7 nitrogen and oxygen atoms in total. The van der Waals surface area contributed by atoms with E-state index in [2.05, 4.69) is 21.2 Å². The summed E-state index contributed by atoms with van der Waals surface area (Å²) in [4.78, 5) is 20.2. The summed E-state index contributed by atoms with van der Waals surface area (Å²) in [6.07, 6.45) is 0.0132. The van der Waals surface area contributed by atoms with Crippen molar-refractivity contribution in [3.05, 3.63) is 52.6 Å². The number of aliphatic imine (C=N–C) groups is 1. The smallest absolute Gasteiger partial charge is 0.401 e. The summed E-state index contributed by atoms with van der Waals surface area (Å²) in [5.41, 5.74) is 4.41. The zero-order valence-electron chi connectivity index (χ0n) is 18.1. The van der Waals surface area contributed by atoms with Crippen LogP contribution in [0.3, 0.4) is 0 Å². The van der Waals surface area contributed by atoms with Crippen LogP contribution in [-0.2, 0) is 15.7 Å². The molecule has 0 saturated heterocycles. The van der Waals surface area contributed by atoms with Gasteiger partial charge in [-0.3, -0.25) is 14.0 Å². The van der Waals surface area contributed by atoms with E-state index in [-0.39, 0.29) is 24.4 Å². The summed E-state index contributed by atoms with van der Waals surface area (Å²) in [5.74, 6) is 2.37. The van der Waals surface area contributed by atoms with Gasteiger partial charge in [-0.05, 0) is 53.9 Å². The molecular weight excluding hydrogens is 445 g/mol. The fraction of sp³-hybridized carbons (Fsp3) is 0.429. The summed E-state index contributed by atoms with van der Waals surface area (Å²) in [5, 5.41) is 13.1. The molecule has 0 radical (unpaired) electrons. The average Bonchev–Trinajstić information content (AvgIpc) is 2.65. The number of rotatable bonds is 7. The first-order valence-corrected chi connectivity index (χ1v) is 12.0. The van der Waals surface area contributed by atoms with Gasteiger partial charge in [-0.15, -0.1) is 0 Å². The molecule has 0 bridgehead atoms. The third kappa shape index (κ3) is 7.20. The van der Waals surface area contributed by atoms with Gasteiger partial charge in [0.15, 0.2) is 0 Å². The van der Waals surface area contributed by atoms with Gasteiger partial charge in [-0.2, -0.15) is 13.2 Å². The van der Waals surface area contributed by atoms with Crippen LogP contribution in [0.5, 0.6) is 0 Å². The predicted molar refractivity (Wildman–Crippen MR) is 120 cm³/mol. The van der Waals surface area contributed by atoms with Gasteiger partial charge in [-0.25, -0.2) is 4.98 Å². The van der Waals surface area contributed by atoms with Crippen LogP contribution < -0.4 is 11.1 Å². The number of aliphatic hydroxyl groups is 1. The highest BCUT2D eigenvalue weighted by atomic mass is 32.2. The van der Waals surface area contributed by atoms with E-state index in [0.29, 0.717) is 11.3 Å². The molecule has 2 rings (SSSR count). The van der Waals surface area contributed by atoms with Crippen molar-refractivity contribution in [3.63, 3.8) is 0 Å². The van der Waals surface area contributed by atoms with Crippen molar-refractivity contribution in [2.24, 2.45) is 16.6 Å². The van der Waals surface area contributed by atoms with E-state index < -0.39 is 44.5 Å². The number of nitrogens with one attached hydrogen (secondary N) is 1. The zero-order chi connectivity index (χ0) is 24.3. The molecule has 0 aliphatic heterocycles. The molecule has 1 aliphatic carbocycles. The first kappa shape index (κ1) is 25.6. The van der Waals surface area contributed by atoms with Crippen molar-refractivity contribution in [1.29, 1.82) is 0 Å². The molecule has 0 spiro atoms. The summed E-state index contributed by atoms with van der Waals surface area (Å²) in [7, 11) is -2.19. The average molecular weight is 473 g/mol. The summed E-state index contributed by atoms with van der Waals surface area (Å²) in [6, 6.07) is 3.03. The highest BCUT2D eigenvalue weighted by molar-refractivity contribution is 7.99. The maximum absolute atomic E-state index is 12.9. The van der Waals surface area contributed by atoms with Gasteiger partial charge in [-0.1, -0.05) is 6.07 Å². The summed E-state index contributed by atoms with van der Waals surface area (Å²) < 4.78 is 50.5. The Morgan fingerprint density at radius 1 is 1.44 bits per heavy atom. The molecule has 1 aromatic rings. The molecule has 2 atom stereocenters. The Morgan fingerprint density at radius 2 is 2.09 bits per heavy atom. The molecule has 0 fully saturated rings. The van der Waals surface area contributed by atoms with E-state index >= 15 is 0 Å². The Balaban J connectivity index is 2.32. The normalized spacial score (nSPS) is 19.6. The van der Waals surface area contributed by atoms with E-state index in [1.165, 1.54) is 24.6 Å². The van der Waals surface area contributed by atoms with Crippen molar-refractivity contribution >= 4 is 27.5 Å². The van der Waals surface area contributed by atoms with Crippen molar-refractivity contribution in [2.75, 3.05) is 18.6 Å². The summed E-state index contributed by atoms with van der Waals surface area (Å²) in [6.45, 7) is 3.34. The van der Waals surface area contributed by atoms with E-state index in [4.69, 9.17) is 5.73 Å². The Bertz CT molecular complexity index is 1070. The van der Waals surface area contributed by atoms with Crippen LogP contribution in [0.2, 0.25) is 0 Å². The second-order valence-electron chi connectivity index (χ2n) is 8.27. The topological polar surface area (TPSA) is 118 Å². The number of carbonyl (C=O) groups is 1. The van der Waals surface area contributed by atoms with Crippen molar-refractivity contribution in [1.82, 2.24) is 10.3 Å². The number of nitrogens with zero attached hydrogens (tertiary/aromatic N) is 2. The molecule has 32 heavy (non-hydrogen) atoms. The number of allylic oxidation sites excluding steroid dienone is 3. The van der Waals surface area contributed by atoms with Crippen molar-refractivity contribution in [2.45, 2.75) is 32.0 Å². The molecule has 1 aliphatic rings. The number of hydrogen-bond acceptors (Lipinski definition) is 6. The van der Waals surface area contributed by atoms with Gasteiger partial charge in [0.2, 0.25) is 0 Å². The molecule has 11 heteroatoms. The Kier molecular flexibility index (Phi) is 7.56. The highest BCUT2D eigenvalue weighted by Gasteiger charge is 2.36. The molecular formula is C21H27F3N4O3S. The molecule has 4 N–H and O–H groups in total. The van der Waals surface area contributed by atoms with E-state index in [1.807, 2.05) is 0 Å². The van der Waals surface area contributed by atoms with E-state index in [0.717, 1.165) is 12.1 Å². The standard InChI is InChI=1S/C21H27F3N4O3S/c1-20(2,30)14-11-15(25)13(12-26-8-9-32(3,4)31)10-17(14)28-19(29)16-6-5-7-18(27-16)21(22,23)24/h5-7,10,12,14,30H,3,8-9,11,25H2,1-2,4H3,(H,28,29). The van der Waals surface area contributed by atoms with E-state index in [9.17, 15) is 27.3 Å². The van der Waals surface area contributed by atoms with Gasteiger partial charge in [0.1, 0.15) is 11.4 Å². The Morgan fingerprint density at radius 3 is 2.66 bits per heavy atom. The lowest BCUT2D eigenvalue weighted by Gasteiger charge is -2.34. The van der Waals surface area contributed by atoms with Crippen molar-refractivity contribution in [3.8, 4) is 0 Å². The largest absolute Gasteiger partial charge is 0.433 e. The van der Waals surface area contributed by atoms with Crippen LogP contribution >= 0.6 is 0 Å². The van der Waals surface area contributed by atoms with Gasteiger partial charge >= 0.3 is 6.18 Å². The molecule has 2 unspecified atom stereocenters. The van der Waals surface area contributed by atoms with Crippen LogP contribution in [0, 0.1) is 5.92 Å². The molecule has 0 saturated carbocycles. The van der Waals surface area contributed by atoms with Gasteiger partial charge in [0.05, 0.1) is 5.60 Å². The predicted octanol–water partition coefficient (Wildman–Crippen LogP) is 2.13. The number of nitrogens with two attached hydrogens (primary N) is 1. The van der Waals surface area contributed by atoms with Gasteiger partial charge in [0.25, 0.3) is 5.91 Å². The molecule has 1 amide bonds. The number of pyridine rings is 1. The van der Waals surface area contributed by atoms with Crippen LogP contribution in [0.4, 0.5) is 13.2 Å². The van der Waals surface area contributed by atoms with Crippen LogP contribution in [0.1, 0.15) is 36.5 Å². The minimum absolute atomic E-state index is 0.187. The van der Waals surface area contributed by atoms with Crippen molar-refractivity contribution < 1.29 is 27.3 Å². The second-order valence-corrected chi connectivity index (χ2v) is 11.0. The third-order valence-electron chi connectivity index (χ3n) is 4.75. The lowest BCUT2D eigenvalue weighted by atomic mass is 9.80. The molecule has 1 aromatic heterocycles. The maximum atomic E-state index is 12.9. The molecule has 0 aromatic carbocycles. The number of aromatic nitrogens is 1. The second kappa shape index (κ2) is 9.45. The van der Waals surface area contributed by atoms with Gasteiger partial charge < -0.3 is 16.2 Å². The van der Waals surface area contributed by atoms with Crippen LogP contribution in [-0.4, -0.2) is 56.4 Å². The zero-order valence-corrected chi connectivity index (χ0v) is 18.9. The molecule has 1 heterocycles. The maximum Gasteiger partial charge on any atom is 0.433 e. The van der Waals surface area contributed by atoms with E-state index in [1.54, 1.807) is 13.8 Å². The fourth-order valence-electron chi connectivity index (χ4n) is 3.01. The summed E-state index contributed by atoms with van der Waals surface area (Å²) >= 11 is 0. The number of alkyl halides is 3. The first-order chi connectivity index (χ1) is 14.6. The first-order valence-electron chi connectivity index (χ1n) is 9.66. The Labute approximate surface area is 185 Å². The highest BCUT2D eigenvalue weighted by Crippen LogP contribution is 2.33. The van der Waals surface area contributed by atoms with Crippen LogP contribution in [0.15, 0.2) is 46.2 Å². The minimum Gasteiger partial charge on any atom is -0.401 e. The van der Waals surface area contributed by atoms with Gasteiger partial charge in [0, 0.05) is 47.7 Å². The van der Waals surface area contributed by atoms with Crippen LogP contribution in [0.25, 0.3) is 0 Å². The number of amides is 1. The molecule has 176 valence electrons. The number of carbonyl (C=O) groups excluding carboxylic acids is 1. The Hall–Kier alpha value is -2.66. The SMILES string of the molecule is C=S(C)(=O)CCN=CC1=C(N)CC(C(C)(C)O)C(NC(=O)c2cccc(C(F)(F)F)n2)=C1. The quantitative estimate of drug-likeness (QED) is 0.415. The monoisotopic (exact) mass is 472 g/mol. The lowest BCUT2D eigenvalue weighted by molar-refractivity contribution is -0.141. The number of hydrogen-bond donors (Lipinski definition) is 3. The third-order valence-corrected chi connectivity index (χ3v) is 5.79. The fourth-order valence-corrected chi connectivity index (χ4v) is 3.50. The number of halogens is 3. The minimum atomic E-state index is -4.69. The lowest BCUT2D eigenvalue weighted by Crippen LogP contribution is -2.41.